The van der Waals surface area contributed by atoms with E-state index in [-0.39, 0.29) is 5.41 Å². The Morgan fingerprint density at radius 2 is 0.726 bits per heavy atom. The zero-order valence-corrected chi connectivity index (χ0v) is 35.0. The lowest BCUT2D eigenvalue weighted by Crippen LogP contribution is -2.14. The number of nitrogens with zero attached hydrogens (tertiary/aromatic N) is 1. The van der Waals surface area contributed by atoms with E-state index < -0.39 is 0 Å². The molecule has 62 heavy (non-hydrogen) atoms. The fourth-order valence-electron chi connectivity index (χ4n) is 9.57. The number of rotatable bonds is 8. The third-order valence-corrected chi connectivity index (χ3v) is 12.9. The van der Waals surface area contributed by atoms with Crippen molar-refractivity contribution in [3.63, 3.8) is 0 Å². The van der Waals surface area contributed by atoms with Crippen molar-refractivity contribution in [2.75, 3.05) is 4.90 Å². The van der Waals surface area contributed by atoms with Gasteiger partial charge in [-0.1, -0.05) is 196 Å². The topological polar surface area (TPSA) is 3.24 Å². The number of hydrogen-bond acceptors (Lipinski definition) is 1. The molecule has 10 aromatic rings. The zero-order valence-electron chi connectivity index (χ0n) is 35.0. The minimum atomic E-state index is -0.0515. The van der Waals surface area contributed by atoms with Crippen LogP contribution >= 0.6 is 0 Å². The van der Waals surface area contributed by atoms with Gasteiger partial charge in [-0.2, -0.15) is 0 Å². The molecule has 0 N–H and O–H groups in total. The molecule has 0 fully saturated rings. The molecule has 0 amide bonds. The zero-order chi connectivity index (χ0) is 41.6. The van der Waals surface area contributed by atoms with Crippen molar-refractivity contribution in [3.8, 4) is 66.8 Å². The second kappa shape index (κ2) is 15.4. The summed E-state index contributed by atoms with van der Waals surface area (Å²) >= 11 is 0. The van der Waals surface area contributed by atoms with Crippen molar-refractivity contribution in [3.05, 3.63) is 248 Å². The molecule has 294 valence electrons. The van der Waals surface area contributed by atoms with Gasteiger partial charge in [0.15, 0.2) is 0 Å². The van der Waals surface area contributed by atoms with Crippen molar-refractivity contribution in [2.24, 2.45) is 0 Å². The van der Waals surface area contributed by atoms with E-state index in [2.05, 4.69) is 255 Å². The lowest BCUT2D eigenvalue weighted by molar-refractivity contribution is 0.660. The van der Waals surface area contributed by atoms with E-state index in [4.69, 9.17) is 0 Å². The first-order chi connectivity index (χ1) is 30.5. The Balaban J connectivity index is 0.983. The molecule has 0 saturated heterocycles. The normalized spacial score (nSPS) is 12.5. The third kappa shape index (κ3) is 6.69. The van der Waals surface area contributed by atoms with Gasteiger partial charge in [-0.15, -0.1) is 0 Å². The van der Waals surface area contributed by atoms with Crippen LogP contribution in [0.2, 0.25) is 0 Å². The third-order valence-electron chi connectivity index (χ3n) is 12.9. The minimum Gasteiger partial charge on any atom is -0.310 e. The summed E-state index contributed by atoms with van der Waals surface area (Å²) < 4.78 is 0. The molecule has 1 heteroatoms. The molecule has 10 aromatic carbocycles. The van der Waals surface area contributed by atoms with E-state index in [0.29, 0.717) is 0 Å². The average Bonchev–Trinajstić information content (AvgIpc) is 3.57. The molecular weight excluding hydrogens is 747 g/mol. The number of para-hydroxylation sites is 1. The lowest BCUT2D eigenvalue weighted by Gasteiger charge is -2.28. The fraction of sp³-hybridized carbons (Fsp3) is 0.0492. The van der Waals surface area contributed by atoms with E-state index in [0.717, 1.165) is 17.1 Å². The van der Waals surface area contributed by atoms with Gasteiger partial charge in [-0.25, -0.2) is 0 Å². The van der Waals surface area contributed by atoms with Gasteiger partial charge < -0.3 is 4.90 Å². The Labute approximate surface area is 364 Å². The molecule has 11 rings (SSSR count). The maximum atomic E-state index is 2.41. The van der Waals surface area contributed by atoms with Crippen LogP contribution in [0.4, 0.5) is 17.1 Å². The summed E-state index contributed by atoms with van der Waals surface area (Å²) in [5.74, 6) is 0. The number of anilines is 3. The van der Waals surface area contributed by atoms with E-state index in [1.165, 1.54) is 88.7 Å². The van der Waals surface area contributed by atoms with Gasteiger partial charge in [0.25, 0.3) is 0 Å². The summed E-state index contributed by atoms with van der Waals surface area (Å²) in [6, 6.07) is 86.6. The molecule has 0 spiro atoms. The second-order valence-corrected chi connectivity index (χ2v) is 17.0. The van der Waals surface area contributed by atoms with Gasteiger partial charge in [-0.05, 0) is 138 Å². The molecule has 1 nitrogen and oxygen atoms in total. The quantitative estimate of drug-likeness (QED) is 0.148. The summed E-state index contributed by atoms with van der Waals surface area (Å²) in [5, 5.41) is 2.51. The Bertz CT molecular complexity index is 3250. The van der Waals surface area contributed by atoms with Crippen LogP contribution in [0, 0.1) is 0 Å². The molecule has 0 aliphatic heterocycles. The van der Waals surface area contributed by atoms with Crippen molar-refractivity contribution in [2.45, 2.75) is 19.3 Å². The van der Waals surface area contributed by atoms with Crippen LogP contribution in [-0.2, 0) is 5.41 Å². The van der Waals surface area contributed by atoms with Crippen LogP contribution in [-0.4, -0.2) is 0 Å². The van der Waals surface area contributed by atoms with Gasteiger partial charge in [0, 0.05) is 22.4 Å². The molecule has 0 bridgehead atoms. The van der Waals surface area contributed by atoms with Crippen molar-refractivity contribution in [1.82, 2.24) is 0 Å². The molecular formula is C61H45N. The van der Waals surface area contributed by atoms with Crippen molar-refractivity contribution < 1.29 is 0 Å². The SMILES string of the molecule is CC1(C)c2ccccc2-c2ccc(-c3ccc(N(c4ccc(-c5cccc(-c6ccc7ccccc7c6)c5)cc4)c4ccccc4-c4cccc(-c5ccccc5)c4)cc3)cc21. The first-order valence-corrected chi connectivity index (χ1v) is 21.6. The first kappa shape index (κ1) is 37.3. The molecule has 0 saturated carbocycles. The predicted octanol–water partition coefficient (Wildman–Crippen LogP) is 17.0. The van der Waals surface area contributed by atoms with E-state index in [1.54, 1.807) is 0 Å². The number of hydrogen-bond donors (Lipinski definition) is 0. The fourth-order valence-corrected chi connectivity index (χ4v) is 9.57. The Kier molecular flexibility index (Phi) is 9.24. The number of fused-ring (bicyclic) bond motifs is 4. The summed E-state index contributed by atoms with van der Waals surface area (Å²) in [7, 11) is 0. The van der Waals surface area contributed by atoms with Crippen LogP contribution in [0.5, 0.6) is 0 Å². The van der Waals surface area contributed by atoms with Crippen molar-refractivity contribution in [1.29, 1.82) is 0 Å². The average molecular weight is 792 g/mol. The molecule has 0 atom stereocenters. The maximum Gasteiger partial charge on any atom is 0.0540 e. The van der Waals surface area contributed by atoms with Gasteiger partial charge in [0.05, 0.1) is 5.69 Å². The highest BCUT2D eigenvalue weighted by atomic mass is 15.1. The van der Waals surface area contributed by atoms with E-state index in [9.17, 15) is 0 Å². The largest absolute Gasteiger partial charge is 0.310 e. The Hall–Kier alpha value is -7.74. The van der Waals surface area contributed by atoms with Gasteiger partial charge in [-0.3, -0.25) is 0 Å². The van der Waals surface area contributed by atoms with Crippen LogP contribution in [0.25, 0.3) is 77.5 Å². The second-order valence-electron chi connectivity index (χ2n) is 17.0. The summed E-state index contributed by atoms with van der Waals surface area (Å²) in [6.45, 7) is 4.70. The lowest BCUT2D eigenvalue weighted by atomic mass is 9.81. The smallest absolute Gasteiger partial charge is 0.0540 e. The van der Waals surface area contributed by atoms with Crippen LogP contribution in [0.15, 0.2) is 237 Å². The summed E-state index contributed by atoms with van der Waals surface area (Å²) in [6.07, 6.45) is 0. The first-order valence-electron chi connectivity index (χ1n) is 21.6. The molecule has 0 unspecified atom stereocenters. The molecule has 0 radical (unpaired) electrons. The molecule has 0 heterocycles. The maximum absolute atomic E-state index is 2.41. The molecule has 1 aliphatic rings. The Morgan fingerprint density at radius 1 is 0.274 bits per heavy atom. The van der Waals surface area contributed by atoms with Crippen LogP contribution < -0.4 is 4.90 Å². The van der Waals surface area contributed by atoms with Crippen molar-refractivity contribution >= 4 is 27.8 Å². The molecule has 0 aromatic heterocycles. The highest BCUT2D eigenvalue weighted by Crippen LogP contribution is 2.50. The highest BCUT2D eigenvalue weighted by Gasteiger charge is 2.35. The molecule has 1 aliphatic carbocycles. The predicted molar refractivity (Wildman–Crippen MR) is 263 cm³/mol. The van der Waals surface area contributed by atoms with Gasteiger partial charge in [0.2, 0.25) is 0 Å². The standard InChI is InChI=1S/C61H45N/c1-61(2)58-24-10-8-23-56(58)57-37-32-51(41-59(57)61)45-30-35-54(36-31-45)62(60-25-11-9-22-55(60)52-21-13-19-48(40-52)42-14-4-3-5-15-42)53-33-28-44(29-34-53)47-18-12-20-49(38-47)50-27-26-43-16-6-7-17-46(43)39-50/h3-41H,1-2H3. The minimum absolute atomic E-state index is 0.0515. The Morgan fingerprint density at radius 3 is 1.44 bits per heavy atom. The van der Waals surface area contributed by atoms with E-state index >= 15 is 0 Å². The van der Waals surface area contributed by atoms with Gasteiger partial charge >= 0.3 is 0 Å². The summed E-state index contributed by atoms with van der Waals surface area (Å²) in [5.41, 5.74) is 20.7. The van der Waals surface area contributed by atoms with Crippen LogP contribution in [0.3, 0.4) is 0 Å². The highest BCUT2D eigenvalue weighted by molar-refractivity contribution is 5.91. The monoisotopic (exact) mass is 791 g/mol. The van der Waals surface area contributed by atoms with E-state index in [1.807, 2.05) is 0 Å². The number of benzene rings is 10. The summed E-state index contributed by atoms with van der Waals surface area (Å²) in [4.78, 5) is 2.41. The van der Waals surface area contributed by atoms with Gasteiger partial charge in [0.1, 0.15) is 0 Å². The van der Waals surface area contributed by atoms with Crippen LogP contribution in [0.1, 0.15) is 25.0 Å².